The van der Waals surface area contributed by atoms with E-state index in [0.717, 1.165) is 16.0 Å². The van der Waals surface area contributed by atoms with Crippen molar-refractivity contribution in [2.24, 2.45) is 0 Å². The van der Waals surface area contributed by atoms with Crippen LogP contribution in [-0.2, 0) is 0 Å². The Morgan fingerprint density at radius 1 is 1.11 bits per heavy atom. The van der Waals surface area contributed by atoms with E-state index in [4.69, 9.17) is 9.47 Å². The van der Waals surface area contributed by atoms with Crippen LogP contribution in [0.4, 0.5) is 4.39 Å². The molecule has 0 amide bonds. The number of pyridine rings is 1. The molecule has 9 heteroatoms. The standard InChI is InChI=1S/C27H19FN4O4/c1-3-36-24-10-16(19-11-23(35-2)20(28)8-17(19)12-29)9-21-25(24)26(33)32(27(34)31-21)22-14-30-13-15-6-4-5-7-18(15)22/h4-11,13-14H,3H2,1-2H3,(H,31,34). The molecule has 178 valence electrons. The van der Waals surface area contributed by atoms with Gasteiger partial charge in [-0.15, -0.1) is 0 Å². The van der Waals surface area contributed by atoms with Gasteiger partial charge in [0.15, 0.2) is 11.6 Å². The summed E-state index contributed by atoms with van der Waals surface area (Å²) < 4.78 is 26.1. The number of aromatic amines is 1. The Morgan fingerprint density at radius 3 is 2.67 bits per heavy atom. The molecule has 2 aromatic heterocycles. The maximum Gasteiger partial charge on any atom is 0.333 e. The van der Waals surface area contributed by atoms with E-state index in [2.05, 4.69) is 9.97 Å². The van der Waals surface area contributed by atoms with Crippen LogP contribution in [0, 0.1) is 17.1 Å². The molecule has 5 rings (SSSR count). The number of nitriles is 1. The van der Waals surface area contributed by atoms with Gasteiger partial charge in [0.2, 0.25) is 0 Å². The highest BCUT2D eigenvalue weighted by Crippen LogP contribution is 2.35. The fourth-order valence-corrected chi connectivity index (χ4v) is 4.27. The molecule has 0 radical (unpaired) electrons. The first-order chi connectivity index (χ1) is 17.5. The zero-order valence-corrected chi connectivity index (χ0v) is 19.3. The van der Waals surface area contributed by atoms with E-state index in [1.165, 1.54) is 19.4 Å². The van der Waals surface area contributed by atoms with Crippen LogP contribution in [0.15, 0.2) is 70.5 Å². The van der Waals surface area contributed by atoms with Crippen LogP contribution < -0.4 is 20.7 Å². The summed E-state index contributed by atoms with van der Waals surface area (Å²) in [6, 6.07) is 14.9. The van der Waals surface area contributed by atoms with Crippen molar-refractivity contribution in [1.29, 1.82) is 5.26 Å². The van der Waals surface area contributed by atoms with Crippen LogP contribution >= 0.6 is 0 Å². The molecule has 36 heavy (non-hydrogen) atoms. The van der Waals surface area contributed by atoms with Crippen LogP contribution in [0.25, 0.3) is 38.5 Å². The number of hydrogen-bond donors (Lipinski definition) is 1. The van der Waals surface area contributed by atoms with Gasteiger partial charge in [0.25, 0.3) is 5.56 Å². The Labute approximate surface area is 203 Å². The second-order valence-corrected chi connectivity index (χ2v) is 7.92. The van der Waals surface area contributed by atoms with Crippen molar-refractivity contribution < 1.29 is 13.9 Å². The number of H-pyrrole nitrogens is 1. The number of nitrogens with one attached hydrogen (secondary N) is 1. The van der Waals surface area contributed by atoms with E-state index < -0.39 is 17.1 Å². The van der Waals surface area contributed by atoms with Crippen LogP contribution in [0.1, 0.15) is 12.5 Å². The molecule has 0 bridgehead atoms. The molecule has 0 fully saturated rings. The van der Waals surface area contributed by atoms with E-state index >= 15 is 0 Å². The summed E-state index contributed by atoms with van der Waals surface area (Å²) in [4.78, 5) is 33.9. The number of halogens is 1. The molecule has 0 aliphatic heterocycles. The third kappa shape index (κ3) is 3.65. The fraction of sp³-hybridized carbons (Fsp3) is 0.111. The molecule has 5 aromatic rings. The molecule has 8 nitrogen and oxygen atoms in total. The van der Waals surface area contributed by atoms with Gasteiger partial charge in [0.1, 0.15) is 11.1 Å². The number of methoxy groups -OCH3 is 1. The second-order valence-electron chi connectivity index (χ2n) is 7.92. The van der Waals surface area contributed by atoms with Crippen molar-refractivity contribution in [2.45, 2.75) is 6.92 Å². The van der Waals surface area contributed by atoms with Crippen molar-refractivity contribution in [3.8, 4) is 34.4 Å². The molecule has 3 aromatic carbocycles. The van der Waals surface area contributed by atoms with Crippen molar-refractivity contribution >= 4 is 21.7 Å². The fourth-order valence-electron chi connectivity index (χ4n) is 4.27. The average molecular weight is 482 g/mol. The van der Waals surface area contributed by atoms with Gasteiger partial charge in [-0.1, -0.05) is 24.3 Å². The number of ether oxygens (including phenoxy) is 2. The normalized spacial score (nSPS) is 10.9. The summed E-state index contributed by atoms with van der Waals surface area (Å²) in [5.41, 5.74) is 0.168. The Morgan fingerprint density at radius 2 is 1.92 bits per heavy atom. The summed E-state index contributed by atoms with van der Waals surface area (Å²) >= 11 is 0. The molecule has 0 atom stereocenters. The van der Waals surface area contributed by atoms with Gasteiger partial charge in [0, 0.05) is 22.5 Å². The molecule has 2 heterocycles. The highest BCUT2D eigenvalue weighted by Gasteiger charge is 2.19. The lowest BCUT2D eigenvalue weighted by molar-refractivity contribution is 0.344. The van der Waals surface area contributed by atoms with Gasteiger partial charge in [0.05, 0.1) is 42.8 Å². The van der Waals surface area contributed by atoms with Crippen molar-refractivity contribution in [2.75, 3.05) is 13.7 Å². The highest BCUT2D eigenvalue weighted by molar-refractivity contribution is 5.92. The van der Waals surface area contributed by atoms with E-state index in [1.807, 2.05) is 24.3 Å². The lowest BCUT2D eigenvalue weighted by Crippen LogP contribution is -2.34. The minimum Gasteiger partial charge on any atom is -0.494 e. The first kappa shape index (κ1) is 22.8. The van der Waals surface area contributed by atoms with Crippen LogP contribution in [-0.4, -0.2) is 28.3 Å². The summed E-state index contributed by atoms with van der Waals surface area (Å²) in [6.07, 6.45) is 3.12. The quantitative estimate of drug-likeness (QED) is 0.400. The third-order valence-corrected chi connectivity index (χ3v) is 5.88. The molecule has 0 aliphatic rings. The van der Waals surface area contributed by atoms with Gasteiger partial charge in [-0.3, -0.25) is 9.78 Å². The molecule has 0 saturated heterocycles. The van der Waals surface area contributed by atoms with Crippen molar-refractivity contribution in [1.82, 2.24) is 14.5 Å². The van der Waals surface area contributed by atoms with Gasteiger partial charge >= 0.3 is 5.69 Å². The van der Waals surface area contributed by atoms with E-state index in [9.17, 15) is 19.2 Å². The van der Waals surface area contributed by atoms with E-state index in [1.54, 1.807) is 31.3 Å². The number of benzene rings is 3. The minimum absolute atomic E-state index is 0.0468. The van der Waals surface area contributed by atoms with E-state index in [-0.39, 0.29) is 34.6 Å². The minimum atomic E-state index is -0.677. The van der Waals surface area contributed by atoms with Gasteiger partial charge in [-0.25, -0.2) is 13.8 Å². The van der Waals surface area contributed by atoms with Crippen LogP contribution in [0.5, 0.6) is 11.5 Å². The number of aromatic nitrogens is 3. The van der Waals surface area contributed by atoms with Gasteiger partial charge in [-0.2, -0.15) is 5.26 Å². The second kappa shape index (κ2) is 9.00. The Balaban J connectivity index is 1.83. The number of rotatable bonds is 5. The Bertz CT molecular complexity index is 1810. The number of hydrogen-bond acceptors (Lipinski definition) is 6. The monoisotopic (exact) mass is 482 g/mol. The first-order valence-corrected chi connectivity index (χ1v) is 11.0. The molecule has 0 unspecified atom stereocenters. The highest BCUT2D eigenvalue weighted by atomic mass is 19.1. The SMILES string of the molecule is CCOc1cc(-c2cc(OC)c(F)cc2C#N)cc2[nH]c(=O)n(-c3cncc4ccccc34)c(=O)c12. The lowest BCUT2D eigenvalue weighted by atomic mass is 9.98. The summed E-state index contributed by atoms with van der Waals surface area (Å²) in [7, 11) is 1.32. The predicted molar refractivity (Wildman–Crippen MR) is 133 cm³/mol. The first-order valence-electron chi connectivity index (χ1n) is 11.0. The zero-order chi connectivity index (χ0) is 25.4. The molecular weight excluding hydrogens is 463 g/mol. The third-order valence-electron chi connectivity index (χ3n) is 5.88. The Hall–Kier alpha value is -4.97. The number of fused-ring (bicyclic) bond motifs is 2. The molecule has 0 aliphatic carbocycles. The molecule has 0 spiro atoms. The maximum atomic E-state index is 14.2. The maximum absolute atomic E-state index is 14.2. The number of nitrogens with zero attached hydrogens (tertiary/aromatic N) is 3. The average Bonchev–Trinajstić information content (AvgIpc) is 2.88. The Kier molecular flexibility index (Phi) is 5.70. The summed E-state index contributed by atoms with van der Waals surface area (Å²) in [5.74, 6) is -0.515. The predicted octanol–water partition coefficient (Wildman–Crippen LogP) is 4.31. The van der Waals surface area contributed by atoms with Crippen LogP contribution in [0.2, 0.25) is 0 Å². The van der Waals surface area contributed by atoms with Crippen molar-refractivity contribution in [3.05, 3.63) is 93.1 Å². The molecule has 1 N–H and O–H groups in total. The molecule has 0 saturated carbocycles. The van der Waals surface area contributed by atoms with E-state index in [0.29, 0.717) is 22.2 Å². The summed E-state index contributed by atoms with van der Waals surface area (Å²) in [6.45, 7) is 2.00. The topological polar surface area (TPSA) is 110 Å². The summed E-state index contributed by atoms with van der Waals surface area (Å²) in [5, 5.41) is 11.2. The van der Waals surface area contributed by atoms with Crippen molar-refractivity contribution in [3.63, 3.8) is 0 Å². The smallest absolute Gasteiger partial charge is 0.333 e. The largest absolute Gasteiger partial charge is 0.494 e. The molecular formula is C27H19FN4O4. The zero-order valence-electron chi connectivity index (χ0n) is 19.3. The lowest BCUT2D eigenvalue weighted by Gasteiger charge is -2.14. The van der Waals surface area contributed by atoms with Gasteiger partial charge < -0.3 is 14.5 Å². The van der Waals surface area contributed by atoms with Crippen LogP contribution in [0.3, 0.4) is 0 Å². The van der Waals surface area contributed by atoms with Gasteiger partial charge in [-0.05, 0) is 36.8 Å².